The molecule has 1 amide bonds. The van der Waals surface area contributed by atoms with Crippen LogP contribution in [0, 0.1) is 0 Å². The molecular weight excluding hydrogens is 344 g/mol. The summed E-state index contributed by atoms with van der Waals surface area (Å²) in [5, 5.41) is 3.21. The lowest BCUT2D eigenvalue weighted by atomic mass is 9.99. The molecule has 1 aromatic carbocycles. The minimum Gasteiger partial charge on any atom is -0.381 e. The Morgan fingerprint density at radius 2 is 1.70 bits per heavy atom. The van der Waals surface area contributed by atoms with Crippen molar-refractivity contribution in [2.45, 2.75) is 56.6 Å². The Bertz CT molecular complexity index is 597. The fourth-order valence-electron chi connectivity index (χ4n) is 4.27. The van der Waals surface area contributed by atoms with Gasteiger partial charge in [0.05, 0.1) is 6.61 Å². The van der Waals surface area contributed by atoms with Crippen LogP contribution in [-0.4, -0.2) is 61.9 Å². The summed E-state index contributed by atoms with van der Waals surface area (Å²) in [6.07, 6.45) is 4.00. The fourth-order valence-corrected chi connectivity index (χ4v) is 4.27. The van der Waals surface area contributed by atoms with Gasteiger partial charge in [-0.15, -0.1) is 0 Å². The molecule has 0 saturated carbocycles. The van der Waals surface area contributed by atoms with Gasteiger partial charge in [-0.3, -0.25) is 4.79 Å². The third kappa shape index (κ3) is 4.88. The Morgan fingerprint density at radius 1 is 0.963 bits per heavy atom. The highest BCUT2D eigenvalue weighted by Crippen LogP contribution is 2.26. The standard InChI is InChI=1S/C21H30N2O4/c24-20(19-10-15-26-21(27-19)16-4-2-1-3-5-16)22-17-6-11-23(12-7-17)18-8-13-25-14-9-18/h1-5,17-19,21H,6-15H2,(H,22,24). The highest BCUT2D eigenvalue weighted by molar-refractivity contribution is 5.81. The van der Waals surface area contributed by atoms with Crippen LogP contribution >= 0.6 is 0 Å². The third-order valence-corrected chi connectivity index (χ3v) is 5.88. The Balaban J connectivity index is 1.24. The molecule has 3 heterocycles. The Hall–Kier alpha value is -1.47. The zero-order valence-electron chi connectivity index (χ0n) is 15.8. The number of nitrogens with one attached hydrogen (secondary N) is 1. The van der Waals surface area contributed by atoms with Crippen molar-refractivity contribution >= 4 is 5.91 Å². The van der Waals surface area contributed by atoms with Crippen molar-refractivity contribution in [1.82, 2.24) is 10.2 Å². The number of hydrogen-bond acceptors (Lipinski definition) is 5. The summed E-state index contributed by atoms with van der Waals surface area (Å²) < 4.78 is 17.1. The van der Waals surface area contributed by atoms with Crippen molar-refractivity contribution in [2.24, 2.45) is 0 Å². The van der Waals surface area contributed by atoms with Gasteiger partial charge in [0, 0.05) is 50.4 Å². The van der Waals surface area contributed by atoms with Gasteiger partial charge in [0.2, 0.25) is 5.91 Å². The summed E-state index contributed by atoms with van der Waals surface area (Å²) in [6.45, 7) is 4.41. The smallest absolute Gasteiger partial charge is 0.249 e. The van der Waals surface area contributed by atoms with Gasteiger partial charge in [-0.25, -0.2) is 0 Å². The lowest BCUT2D eigenvalue weighted by molar-refractivity contribution is -0.217. The monoisotopic (exact) mass is 374 g/mol. The van der Waals surface area contributed by atoms with Crippen LogP contribution in [0.3, 0.4) is 0 Å². The summed E-state index contributed by atoms with van der Waals surface area (Å²) >= 11 is 0. The highest BCUT2D eigenvalue weighted by atomic mass is 16.7. The van der Waals surface area contributed by atoms with Gasteiger partial charge in [-0.1, -0.05) is 30.3 Å². The van der Waals surface area contributed by atoms with Crippen LogP contribution in [0.1, 0.15) is 44.0 Å². The number of benzene rings is 1. The Labute approximate surface area is 161 Å². The van der Waals surface area contributed by atoms with E-state index in [1.807, 2.05) is 30.3 Å². The quantitative estimate of drug-likeness (QED) is 0.876. The zero-order chi connectivity index (χ0) is 18.5. The van der Waals surface area contributed by atoms with E-state index in [4.69, 9.17) is 14.2 Å². The highest BCUT2D eigenvalue weighted by Gasteiger charge is 2.32. The van der Waals surface area contributed by atoms with Crippen LogP contribution in [0.4, 0.5) is 0 Å². The molecule has 3 aliphatic rings. The molecule has 148 valence electrons. The molecular formula is C21H30N2O4. The van der Waals surface area contributed by atoms with Gasteiger partial charge in [0.1, 0.15) is 6.10 Å². The second-order valence-electron chi connectivity index (χ2n) is 7.69. The third-order valence-electron chi connectivity index (χ3n) is 5.88. The zero-order valence-corrected chi connectivity index (χ0v) is 15.8. The van der Waals surface area contributed by atoms with E-state index < -0.39 is 12.4 Å². The maximum atomic E-state index is 12.7. The van der Waals surface area contributed by atoms with Crippen LogP contribution in [0.25, 0.3) is 0 Å². The number of carbonyl (C=O) groups excluding carboxylic acids is 1. The molecule has 0 aliphatic carbocycles. The summed E-state index contributed by atoms with van der Waals surface area (Å²) in [7, 11) is 0. The second kappa shape index (κ2) is 9.15. The van der Waals surface area contributed by atoms with Gasteiger partial charge in [-0.2, -0.15) is 0 Å². The van der Waals surface area contributed by atoms with Crippen molar-refractivity contribution in [1.29, 1.82) is 0 Å². The van der Waals surface area contributed by atoms with Gasteiger partial charge < -0.3 is 24.4 Å². The summed E-state index contributed by atoms with van der Waals surface area (Å²) in [6, 6.07) is 10.7. The average molecular weight is 374 g/mol. The van der Waals surface area contributed by atoms with Crippen LogP contribution in [0.5, 0.6) is 0 Å². The fraction of sp³-hybridized carbons (Fsp3) is 0.667. The van der Waals surface area contributed by atoms with Crippen LogP contribution in [0.15, 0.2) is 30.3 Å². The number of rotatable bonds is 4. The van der Waals surface area contributed by atoms with Crippen molar-refractivity contribution < 1.29 is 19.0 Å². The first kappa shape index (κ1) is 18.9. The molecule has 1 aromatic rings. The Morgan fingerprint density at radius 3 is 2.44 bits per heavy atom. The maximum Gasteiger partial charge on any atom is 0.249 e. The lowest BCUT2D eigenvalue weighted by Crippen LogP contribution is -2.51. The largest absolute Gasteiger partial charge is 0.381 e. The minimum absolute atomic E-state index is 0.00347. The van der Waals surface area contributed by atoms with Gasteiger partial charge in [0.25, 0.3) is 0 Å². The lowest BCUT2D eigenvalue weighted by Gasteiger charge is -2.39. The average Bonchev–Trinajstić information content (AvgIpc) is 2.75. The summed E-state index contributed by atoms with van der Waals surface area (Å²) in [5.74, 6) is 0.00347. The molecule has 2 atom stereocenters. The predicted octanol–water partition coefficient (Wildman–Crippen LogP) is 2.25. The summed E-state index contributed by atoms with van der Waals surface area (Å²) in [5.41, 5.74) is 0.958. The van der Waals surface area contributed by atoms with E-state index in [1.165, 1.54) is 0 Å². The van der Waals surface area contributed by atoms with E-state index in [0.29, 0.717) is 19.1 Å². The topological polar surface area (TPSA) is 60.0 Å². The number of ether oxygens (including phenoxy) is 3. The normalized spacial score (nSPS) is 28.7. The Kier molecular flexibility index (Phi) is 6.39. The number of likely N-dealkylation sites (tertiary alicyclic amines) is 1. The molecule has 6 nitrogen and oxygen atoms in total. The SMILES string of the molecule is O=C(NC1CCN(C2CCOCC2)CC1)C1CCOC(c2ccccc2)O1. The van der Waals surface area contributed by atoms with E-state index in [9.17, 15) is 4.79 Å². The van der Waals surface area contributed by atoms with Crippen LogP contribution in [0.2, 0.25) is 0 Å². The van der Waals surface area contributed by atoms with E-state index in [1.54, 1.807) is 0 Å². The van der Waals surface area contributed by atoms with Crippen LogP contribution in [-0.2, 0) is 19.0 Å². The van der Waals surface area contributed by atoms with Gasteiger partial charge >= 0.3 is 0 Å². The molecule has 4 rings (SSSR count). The van der Waals surface area contributed by atoms with E-state index in [2.05, 4.69) is 10.2 Å². The van der Waals surface area contributed by atoms with Crippen molar-refractivity contribution in [3.05, 3.63) is 35.9 Å². The molecule has 27 heavy (non-hydrogen) atoms. The molecule has 2 unspecified atom stereocenters. The molecule has 3 fully saturated rings. The summed E-state index contributed by atoms with van der Waals surface area (Å²) in [4.78, 5) is 15.3. The van der Waals surface area contributed by atoms with Crippen molar-refractivity contribution in [3.63, 3.8) is 0 Å². The molecule has 0 spiro atoms. The van der Waals surface area contributed by atoms with E-state index >= 15 is 0 Å². The molecule has 1 N–H and O–H groups in total. The van der Waals surface area contributed by atoms with Gasteiger partial charge in [0.15, 0.2) is 6.29 Å². The maximum absolute atomic E-state index is 12.7. The second-order valence-corrected chi connectivity index (χ2v) is 7.69. The molecule has 3 saturated heterocycles. The number of carbonyl (C=O) groups is 1. The van der Waals surface area contributed by atoms with Crippen LogP contribution < -0.4 is 5.32 Å². The van der Waals surface area contributed by atoms with Crippen molar-refractivity contribution in [2.75, 3.05) is 32.9 Å². The van der Waals surface area contributed by atoms with Gasteiger partial charge in [-0.05, 0) is 25.7 Å². The minimum atomic E-state index is -0.453. The van der Waals surface area contributed by atoms with E-state index in [0.717, 1.165) is 57.6 Å². The first-order valence-corrected chi connectivity index (χ1v) is 10.2. The number of hydrogen-bond donors (Lipinski definition) is 1. The molecule has 0 bridgehead atoms. The predicted molar refractivity (Wildman–Crippen MR) is 101 cm³/mol. The first-order valence-electron chi connectivity index (χ1n) is 10.2. The first-order chi connectivity index (χ1) is 13.3. The number of nitrogens with zero attached hydrogens (tertiary/aromatic N) is 1. The molecule has 0 aromatic heterocycles. The van der Waals surface area contributed by atoms with Crippen molar-refractivity contribution in [3.8, 4) is 0 Å². The number of piperidine rings is 1. The molecule has 0 radical (unpaired) electrons. The van der Waals surface area contributed by atoms with E-state index in [-0.39, 0.29) is 11.9 Å². The number of amides is 1. The molecule has 3 aliphatic heterocycles. The molecule has 6 heteroatoms.